The summed E-state index contributed by atoms with van der Waals surface area (Å²) >= 11 is 0. The monoisotopic (exact) mass is 264 g/mol. The van der Waals surface area contributed by atoms with Gasteiger partial charge in [-0.3, -0.25) is 4.79 Å². The summed E-state index contributed by atoms with van der Waals surface area (Å²) in [6, 6.07) is 0. The van der Waals surface area contributed by atoms with Gasteiger partial charge in [-0.2, -0.15) is 0 Å². The standard InChI is InChI=1S/C12H24O4S/c1-4-6-8-11(5-2)12(13)16-9-7-10-17(3,14)15/h11H,3-10H2,1-2H3,(H,14,15). The minimum Gasteiger partial charge on any atom is -0.465 e. The Kier molecular flexibility index (Phi) is 8.25. The van der Waals surface area contributed by atoms with Gasteiger partial charge < -0.3 is 9.29 Å². The van der Waals surface area contributed by atoms with Crippen LogP contribution < -0.4 is 0 Å². The summed E-state index contributed by atoms with van der Waals surface area (Å²) in [7, 11) is -2.95. The Morgan fingerprint density at radius 1 is 1.41 bits per heavy atom. The molecule has 0 fully saturated rings. The number of unbranched alkanes of at least 4 members (excludes halogenated alkanes) is 1. The number of hydrogen-bond donors (Lipinski definition) is 1. The quantitative estimate of drug-likeness (QED) is 0.394. The van der Waals surface area contributed by atoms with Gasteiger partial charge in [0, 0.05) is 5.75 Å². The second kappa shape index (κ2) is 8.53. The molecule has 5 heteroatoms. The van der Waals surface area contributed by atoms with Gasteiger partial charge in [-0.1, -0.05) is 26.7 Å². The average Bonchev–Trinajstić information content (AvgIpc) is 2.24. The second-order valence-corrected chi connectivity index (χ2v) is 6.20. The lowest BCUT2D eigenvalue weighted by Crippen LogP contribution is -2.18. The van der Waals surface area contributed by atoms with Gasteiger partial charge in [0.25, 0.3) is 0 Å². The fourth-order valence-corrected chi connectivity index (χ4v) is 2.08. The van der Waals surface area contributed by atoms with Crippen LogP contribution >= 0.6 is 0 Å². The molecule has 0 saturated carbocycles. The molecule has 0 aromatic carbocycles. The van der Waals surface area contributed by atoms with E-state index in [2.05, 4.69) is 12.8 Å². The van der Waals surface area contributed by atoms with Gasteiger partial charge in [0.1, 0.15) is 0 Å². The predicted molar refractivity (Wildman–Crippen MR) is 71.6 cm³/mol. The number of carbonyl (C=O) groups excluding carboxylic acids is 1. The molecule has 0 aromatic rings. The molecule has 17 heavy (non-hydrogen) atoms. The highest BCUT2D eigenvalue weighted by molar-refractivity contribution is 7.95. The number of esters is 1. The first-order valence-corrected chi connectivity index (χ1v) is 8.00. The molecule has 0 bridgehead atoms. The van der Waals surface area contributed by atoms with E-state index in [1.165, 1.54) is 0 Å². The van der Waals surface area contributed by atoms with Crippen molar-refractivity contribution in [1.82, 2.24) is 0 Å². The van der Waals surface area contributed by atoms with Crippen LogP contribution in [0.15, 0.2) is 0 Å². The molecule has 0 spiro atoms. The maximum atomic E-state index is 11.6. The molecule has 1 N–H and O–H groups in total. The van der Waals surface area contributed by atoms with E-state index in [1.54, 1.807) is 0 Å². The van der Waals surface area contributed by atoms with E-state index in [4.69, 9.17) is 9.29 Å². The van der Waals surface area contributed by atoms with Crippen molar-refractivity contribution < 1.29 is 18.3 Å². The number of hydrogen-bond acceptors (Lipinski definition) is 3. The predicted octanol–water partition coefficient (Wildman–Crippen LogP) is 2.33. The van der Waals surface area contributed by atoms with E-state index in [-0.39, 0.29) is 24.2 Å². The summed E-state index contributed by atoms with van der Waals surface area (Å²) in [4.78, 5) is 11.6. The minimum atomic E-state index is -2.95. The Morgan fingerprint density at radius 2 is 2.06 bits per heavy atom. The second-order valence-electron chi connectivity index (χ2n) is 4.25. The zero-order valence-corrected chi connectivity index (χ0v) is 11.6. The summed E-state index contributed by atoms with van der Waals surface area (Å²) in [5, 5.41) is 0. The minimum absolute atomic E-state index is 0.0341. The van der Waals surface area contributed by atoms with E-state index in [0.717, 1.165) is 25.7 Å². The van der Waals surface area contributed by atoms with Crippen LogP contribution in [0.1, 0.15) is 46.0 Å². The van der Waals surface area contributed by atoms with Gasteiger partial charge in [-0.15, -0.1) is 0 Å². The van der Waals surface area contributed by atoms with Crippen LogP contribution in [0.5, 0.6) is 0 Å². The van der Waals surface area contributed by atoms with Gasteiger partial charge in [-0.05, 0) is 25.1 Å². The van der Waals surface area contributed by atoms with E-state index in [1.807, 2.05) is 6.92 Å². The first-order valence-electron chi connectivity index (χ1n) is 6.14. The van der Waals surface area contributed by atoms with Gasteiger partial charge in [0.2, 0.25) is 0 Å². The molecule has 4 nitrogen and oxygen atoms in total. The average molecular weight is 264 g/mol. The van der Waals surface area contributed by atoms with Crippen molar-refractivity contribution in [1.29, 1.82) is 0 Å². The maximum absolute atomic E-state index is 11.6. The molecular weight excluding hydrogens is 240 g/mol. The smallest absolute Gasteiger partial charge is 0.308 e. The van der Waals surface area contributed by atoms with Gasteiger partial charge in [-0.25, -0.2) is 4.21 Å². The molecule has 2 atom stereocenters. The van der Waals surface area contributed by atoms with Crippen molar-refractivity contribution in [2.45, 2.75) is 46.0 Å². The highest BCUT2D eigenvalue weighted by Gasteiger charge is 2.17. The third-order valence-corrected chi connectivity index (χ3v) is 3.51. The first kappa shape index (κ1) is 16.4. The lowest BCUT2D eigenvalue weighted by atomic mass is 10.00. The van der Waals surface area contributed by atoms with E-state index < -0.39 is 9.80 Å². The van der Waals surface area contributed by atoms with Crippen molar-refractivity contribution in [2.75, 3.05) is 12.4 Å². The normalized spacial score (nSPS) is 16.2. The van der Waals surface area contributed by atoms with Gasteiger partial charge in [0.05, 0.1) is 22.3 Å². The largest absolute Gasteiger partial charge is 0.465 e. The molecule has 0 aliphatic rings. The number of ether oxygens (including phenoxy) is 1. The highest BCUT2D eigenvalue weighted by Crippen LogP contribution is 2.14. The van der Waals surface area contributed by atoms with Crippen LogP contribution in [-0.2, 0) is 19.3 Å². The van der Waals surface area contributed by atoms with Crippen molar-refractivity contribution in [3.8, 4) is 0 Å². The van der Waals surface area contributed by atoms with Crippen LogP contribution in [0, 0.1) is 5.92 Å². The van der Waals surface area contributed by atoms with Crippen LogP contribution in [0.4, 0.5) is 0 Å². The van der Waals surface area contributed by atoms with Crippen molar-refractivity contribution in [3.05, 3.63) is 0 Å². The number of carbonyl (C=O) groups is 1. The lowest BCUT2D eigenvalue weighted by molar-refractivity contribution is -0.148. The summed E-state index contributed by atoms with van der Waals surface area (Å²) in [5.74, 6) is 2.98. The summed E-state index contributed by atoms with van der Waals surface area (Å²) in [6.45, 7) is 4.26. The first-order chi connectivity index (χ1) is 7.90. The zero-order valence-electron chi connectivity index (χ0n) is 10.8. The topological polar surface area (TPSA) is 63.6 Å². The van der Waals surface area contributed by atoms with Crippen LogP contribution in [0.25, 0.3) is 0 Å². The summed E-state index contributed by atoms with van der Waals surface area (Å²) in [5.41, 5.74) is 0. The Balaban J connectivity index is 3.83. The van der Waals surface area contributed by atoms with Crippen LogP contribution in [0.2, 0.25) is 0 Å². The van der Waals surface area contributed by atoms with Crippen molar-refractivity contribution in [3.63, 3.8) is 0 Å². The Bertz CT molecular complexity index is 308. The third kappa shape index (κ3) is 9.18. The fraction of sp³-hybridized carbons (Fsp3) is 0.833. The molecule has 0 aliphatic carbocycles. The SMILES string of the molecule is C=S(=O)(O)CCCOC(=O)C(CC)CCCC. The summed E-state index contributed by atoms with van der Waals surface area (Å²) < 4.78 is 24.9. The number of rotatable bonds is 9. The van der Waals surface area contributed by atoms with E-state index in [0.29, 0.717) is 6.42 Å². The Morgan fingerprint density at radius 3 is 2.53 bits per heavy atom. The molecule has 2 unspecified atom stereocenters. The third-order valence-electron chi connectivity index (χ3n) is 2.58. The van der Waals surface area contributed by atoms with Gasteiger partial charge >= 0.3 is 5.97 Å². The van der Waals surface area contributed by atoms with Crippen molar-refractivity contribution >= 4 is 21.6 Å². The molecule has 0 aromatic heterocycles. The summed E-state index contributed by atoms with van der Waals surface area (Å²) in [6.07, 6.45) is 4.12. The van der Waals surface area contributed by atoms with Crippen LogP contribution in [-0.4, -0.2) is 33.0 Å². The van der Waals surface area contributed by atoms with E-state index >= 15 is 0 Å². The fourth-order valence-electron chi connectivity index (χ4n) is 1.51. The highest BCUT2D eigenvalue weighted by atomic mass is 32.2. The molecule has 0 heterocycles. The molecule has 0 rings (SSSR count). The lowest BCUT2D eigenvalue weighted by Gasteiger charge is -2.13. The molecule has 0 radical (unpaired) electrons. The Hall–Kier alpha value is -0.550. The van der Waals surface area contributed by atoms with Crippen LogP contribution in [0.3, 0.4) is 0 Å². The zero-order chi connectivity index (χ0) is 13.3. The molecule has 102 valence electrons. The van der Waals surface area contributed by atoms with E-state index in [9.17, 15) is 9.00 Å². The molecular formula is C12H24O4S. The Labute approximate surface area is 105 Å². The molecule has 0 saturated heterocycles. The molecule has 0 aliphatic heterocycles. The maximum Gasteiger partial charge on any atom is 0.308 e. The van der Waals surface area contributed by atoms with Crippen molar-refractivity contribution in [2.24, 2.45) is 5.92 Å². The molecule has 0 amide bonds. The van der Waals surface area contributed by atoms with Gasteiger partial charge in [0.15, 0.2) is 0 Å².